The van der Waals surface area contributed by atoms with Gasteiger partial charge in [0.05, 0.1) is 0 Å². The summed E-state index contributed by atoms with van der Waals surface area (Å²) >= 11 is 0. The number of carboxylic acid groups (broad SMARTS) is 1. The molecule has 2 N–H and O–H groups in total. The van der Waals surface area contributed by atoms with Crippen molar-refractivity contribution in [2.45, 2.75) is 25.8 Å². The van der Waals surface area contributed by atoms with Gasteiger partial charge >= 0.3 is 12.3 Å². The average molecular weight is 292 g/mol. The van der Waals surface area contributed by atoms with Crippen LogP contribution in [0, 0.1) is 0 Å². The Morgan fingerprint density at radius 3 is 2.40 bits per heavy atom. The lowest BCUT2D eigenvalue weighted by molar-refractivity contribution is -0.274. The van der Waals surface area contributed by atoms with Gasteiger partial charge in [-0.3, -0.25) is 4.79 Å². The molecule has 0 saturated heterocycles. The molecule has 0 radical (unpaired) electrons. The molecule has 0 aliphatic carbocycles. The number of benzene rings is 1. The summed E-state index contributed by atoms with van der Waals surface area (Å²) in [6, 6.07) is 2.99. The van der Waals surface area contributed by atoms with E-state index in [1.165, 1.54) is 6.92 Å². The van der Waals surface area contributed by atoms with Crippen molar-refractivity contribution in [3.05, 3.63) is 29.3 Å². The number of carbonyl (C=O) groups is 2. The molecule has 5 nitrogen and oxygen atoms in total. The molecule has 1 unspecified atom stereocenters. The van der Waals surface area contributed by atoms with Crippen LogP contribution in [0.25, 0.3) is 0 Å². The number of carboxylic acids is 1. The number of Topliss-reactive ketones (excluding diaryl/α,β-unsaturated/α-hetero) is 1. The molecular formula is C12H11F3O5. The number of aliphatic carboxylic acids is 1. The number of aliphatic hydroxyl groups excluding tert-OH is 1. The largest absolute Gasteiger partial charge is 0.573 e. The first-order valence-corrected chi connectivity index (χ1v) is 5.39. The van der Waals surface area contributed by atoms with Crippen LogP contribution in [0.4, 0.5) is 13.2 Å². The summed E-state index contributed by atoms with van der Waals surface area (Å²) in [5.74, 6) is -2.70. The maximum atomic E-state index is 12.3. The van der Waals surface area contributed by atoms with E-state index in [9.17, 15) is 27.9 Å². The zero-order chi connectivity index (χ0) is 15.5. The highest BCUT2D eigenvalue weighted by atomic mass is 19.4. The van der Waals surface area contributed by atoms with Crippen molar-refractivity contribution < 1.29 is 37.7 Å². The molecule has 0 aliphatic heterocycles. The third kappa shape index (κ3) is 4.54. The molecule has 0 fully saturated rings. The third-order valence-electron chi connectivity index (χ3n) is 2.31. The van der Waals surface area contributed by atoms with Crippen LogP contribution in [0.15, 0.2) is 18.2 Å². The van der Waals surface area contributed by atoms with Crippen LogP contribution >= 0.6 is 0 Å². The number of carbonyl (C=O) groups excluding carboxylic acids is 1. The standard InChI is InChI=1S/C12H11F3O5/c1-6(16)4-7-2-3-8(10(17)11(18)19)5-9(7)20-12(13,14)15/h2-3,5,10,17H,4H2,1H3,(H,18,19). The van der Waals surface area contributed by atoms with Crippen LogP contribution in [0.3, 0.4) is 0 Å². The minimum Gasteiger partial charge on any atom is -0.479 e. The Kier molecular flexibility index (Phi) is 4.72. The fourth-order valence-electron chi connectivity index (χ4n) is 1.52. The van der Waals surface area contributed by atoms with E-state index in [4.69, 9.17) is 5.11 Å². The second-order valence-corrected chi connectivity index (χ2v) is 4.03. The van der Waals surface area contributed by atoms with Gasteiger partial charge in [-0.2, -0.15) is 0 Å². The van der Waals surface area contributed by atoms with Crippen molar-refractivity contribution in [1.82, 2.24) is 0 Å². The van der Waals surface area contributed by atoms with E-state index < -0.39 is 24.2 Å². The van der Waals surface area contributed by atoms with Gasteiger partial charge in [0.15, 0.2) is 6.10 Å². The Morgan fingerprint density at radius 2 is 1.95 bits per heavy atom. The normalized spacial score (nSPS) is 12.8. The van der Waals surface area contributed by atoms with E-state index >= 15 is 0 Å². The maximum Gasteiger partial charge on any atom is 0.573 e. The van der Waals surface area contributed by atoms with Gasteiger partial charge in [-0.05, 0) is 18.6 Å². The molecule has 0 aromatic heterocycles. The van der Waals surface area contributed by atoms with Gasteiger partial charge in [-0.15, -0.1) is 13.2 Å². The number of halogens is 3. The van der Waals surface area contributed by atoms with Gasteiger partial charge in [-0.25, -0.2) is 4.79 Å². The molecule has 8 heteroatoms. The zero-order valence-electron chi connectivity index (χ0n) is 10.3. The quantitative estimate of drug-likeness (QED) is 0.865. The zero-order valence-corrected chi connectivity index (χ0v) is 10.3. The van der Waals surface area contributed by atoms with Gasteiger partial charge in [-0.1, -0.05) is 12.1 Å². The minimum atomic E-state index is -4.99. The van der Waals surface area contributed by atoms with Crippen molar-refractivity contribution in [1.29, 1.82) is 0 Å². The lowest BCUT2D eigenvalue weighted by Gasteiger charge is -2.15. The number of ether oxygens (including phenoxy) is 1. The number of ketones is 1. The fraction of sp³-hybridized carbons (Fsp3) is 0.333. The van der Waals surface area contributed by atoms with Crippen molar-refractivity contribution in [3.8, 4) is 5.75 Å². The first kappa shape index (κ1) is 16.0. The molecule has 110 valence electrons. The number of alkyl halides is 3. The van der Waals surface area contributed by atoms with Crippen LogP contribution in [0.1, 0.15) is 24.2 Å². The molecule has 1 aromatic carbocycles. The van der Waals surface area contributed by atoms with E-state index in [0.717, 1.165) is 18.2 Å². The molecular weight excluding hydrogens is 281 g/mol. The maximum absolute atomic E-state index is 12.3. The van der Waals surface area contributed by atoms with Crippen LogP contribution in [0.2, 0.25) is 0 Å². The summed E-state index contributed by atoms with van der Waals surface area (Å²) in [6.07, 6.45) is -7.26. The molecule has 1 atom stereocenters. The number of hydrogen-bond donors (Lipinski definition) is 2. The molecule has 0 amide bonds. The summed E-state index contributed by atoms with van der Waals surface area (Å²) in [5, 5.41) is 17.9. The topological polar surface area (TPSA) is 83.8 Å². The third-order valence-corrected chi connectivity index (χ3v) is 2.31. The minimum absolute atomic E-state index is 0.0452. The monoisotopic (exact) mass is 292 g/mol. The van der Waals surface area contributed by atoms with Gasteiger partial charge in [0.25, 0.3) is 0 Å². The lowest BCUT2D eigenvalue weighted by Crippen LogP contribution is -2.19. The summed E-state index contributed by atoms with van der Waals surface area (Å²) in [6.45, 7) is 1.19. The van der Waals surface area contributed by atoms with E-state index in [1.54, 1.807) is 0 Å². The highest BCUT2D eigenvalue weighted by molar-refractivity contribution is 5.79. The van der Waals surface area contributed by atoms with Crippen molar-refractivity contribution in [2.24, 2.45) is 0 Å². The second-order valence-electron chi connectivity index (χ2n) is 4.03. The summed E-state index contributed by atoms with van der Waals surface area (Å²) < 4.78 is 40.5. The highest BCUT2D eigenvalue weighted by Gasteiger charge is 2.32. The first-order valence-electron chi connectivity index (χ1n) is 5.39. The lowest BCUT2D eigenvalue weighted by atomic mass is 10.0. The molecule has 0 heterocycles. The SMILES string of the molecule is CC(=O)Cc1ccc(C(O)C(=O)O)cc1OC(F)(F)F. The first-order chi connectivity index (χ1) is 9.10. The van der Waals surface area contributed by atoms with Gasteiger partial charge in [0, 0.05) is 12.0 Å². The molecule has 0 spiro atoms. The molecule has 1 rings (SSSR count). The van der Waals surface area contributed by atoms with Gasteiger partial charge < -0.3 is 14.9 Å². The average Bonchev–Trinajstić information content (AvgIpc) is 2.27. The van der Waals surface area contributed by atoms with E-state index in [-0.39, 0.29) is 23.3 Å². The van der Waals surface area contributed by atoms with Crippen molar-refractivity contribution in [3.63, 3.8) is 0 Å². The molecule has 20 heavy (non-hydrogen) atoms. The molecule has 0 aliphatic rings. The summed E-state index contributed by atoms with van der Waals surface area (Å²) in [5.41, 5.74) is -0.319. The van der Waals surface area contributed by atoms with Crippen LogP contribution in [-0.2, 0) is 16.0 Å². The number of hydrogen-bond acceptors (Lipinski definition) is 4. The molecule has 1 aromatic rings. The van der Waals surface area contributed by atoms with Crippen molar-refractivity contribution in [2.75, 3.05) is 0 Å². The predicted molar refractivity (Wildman–Crippen MR) is 60.1 cm³/mol. The number of aliphatic hydroxyl groups is 1. The van der Waals surface area contributed by atoms with Gasteiger partial charge in [0.1, 0.15) is 11.5 Å². The second kappa shape index (κ2) is 5.91. The van der Waals surface area contributed by atoms with Gasteiger partial charge in [0.2, 0.25) is 0 Å². The van der Waals surface area contributed by atoms with Crippen LogP contribution in [0.5, 0.6) is 5.75 Å². The Balaban J connectivity index is 3.20. The fourth-order valence-corrected chi connectivity index (χ4v) is 1.52. The Morgan fingerprint density at radius 1 is 1.35 bits per heavy atom. The summed E-state index contributed by atoms with van der Waals surface area (Å²) in [4.78, 5) is 21.6. The van der Waals surface area contributed by atoms with Crippen molar-refractivity contribution >= 4 is 11.8 Å². The Bertz CT molecular complexity index is 524. The Labute approximate surface area is 111 Å². The predicted octanol–water partition coefficient (Wildman–Crippen LogP) is 1.83. The smallest absolute Gasteiger partial charge is 0.479 e. The van der Waals surface area contributed by atoms with E-state index in [1.807, 2.05) is 0 Å². The van der Waals surface area contributed by atoms with Crippen LogP contribution in [-0.4, -0.2) is 28.3 Å². The summed E-state index contributed by atoms with van der Waals surface area (Å²) in [7, 11) is 0. The number of rotatable bonds is 5. The van der Waals surface area contributed by atoms with E-state index in [2.05, 4.69) is 4.74 Å². The molecule has 0 saturated carbocycles. The molecule has 0 bridgehead atoms. The van der Waals surface area contributed by atoms with Crippen LogP contribution < -0.4 is 4.74 Å². The Hall–Kier alpha value is -2.09. The highest BCUT2D eigenvalue weighted by Crippen LogP contribution is 2.30. The van der Waals surface area contributed by atoms with E-state index in [0.29, 0.717) is 0 Å².